The van der Waals surface area contributed by atoms with Crippen molar-refractivity contribution in [3.63, 3.8) is 0 Å². The Morgan fingerprint density at radius 3 is 2.34 bits per heavy atom. The van der Waals surface area contributed by atoms with Crippen molar-refractivity contribution in [3.8, 4) is 0 Å². The molecule has 2 N–H and O–H groups in total. The Morgan fingerprint density at radius 1 is 0.875 bits per heavy atom. The summed E-state index contributed by atoms with van der Waals surface area (Å²) in [5.41, 5.74) is 3.53. The van der Waals surface area contributed by atoms with Crippen LogP contribution in [0.25, 0.3) is 0 Å². The minimum Gasteiger partial charge on any atom is -0.355 e. The molecular weight excluding hydrogens is 443 g/mol. The molecule has 2 aliphatic rings. The molecule has 4 nitrogen and oxygen atoms in total. The summed E-state index contributed by atoms with van der Waals surface area (Å²) in [4.78, 5) is 26.9. The van der Waals surface area contributed by atoms with Crippen LogP contribution in [0.4, 0.5) is 5.69 Å². The molecule has 3 atom stereocenters. The summed E-state index contributed by atoms with van der Waals surface area (Å²) in [6.45, 7) is 2.39. The van der Waals surface area contributed by atoms with Crippen molar-refractivity contribution >= 4 is 40.7 Å². The van der Waals surface area contributed by atoms with E-state index in [0.29, 0.717) is 22.3 Å². The summed E-state index contributed by atoms with van der Waals surface area (Å²) in [5, 5.41) is 7.26. The number of rotatable bonds is 2. The molecule has 2 heterocycles. The van der Waals surface area contributed by atoms with E-state index in [9.17, 15) is 9.59 Å². The summed E-state index contributed by atoms with van der Waals surface area (Å²) in [5.74, 6) is -0.889. The molecule has 0 saturated carbocycles. The number of hydrogen-bond acceptors (Lipinski definition) is 2. The number of benzene rings is 3. The molecule has 3 aromatic rings. The Morgan fingerprint density at radius 2 is 1.59 bits per heavy atom. The lowest BCUT2D eigenvalue weighted by Gasteiger charge is -2.41. The Labute approximate surface area is 196 Å². The second-order valence-corrected chi connectivity index (χ2v) is 9.47. The maximum absolute atomic E-state index is 14.0. The molecule has 2 aliphatic heterocycles. The molecule has 2 amide bonds. The molecule has 0 unspecified atom stereocenters. The average molecular weight is 465 g/mol. The number of halogens is 2. The van der Waals surface area contributed by atoms with E-state index in [0.717, 1.165) is 22.3 Å². The van der Waals surface area contributed by atoms with Gasteiger partial charge >= 0.3 is 0 Å². The van der Waals surface area contributed by atoms with Crippen LogP contribution in [0.3, 0.4) is 0 Å². The molecule has 0 radical (unpaired) electrons. The molecule has 1 saturated heterocycles. The van der Waals surface area contributed by atoms with Gasteiger partial charge in [0.2, 0.25) is 11.8 Å². The summed E-state index contributed by atoms with van der Waals surface area (Å²) >= 11 is 12.6. The fourth-order valence-corrected chi connectivity index (χ4v) is 5.80. The summed E-state index contributed by atoms with van der Waals surface area (Å²) in [6.07, 6.45) is 0.179. The van der Waals surface area contributed by atoms with Crippen molar-refractivity contribution in [1.29, 1.82) is 0 Å². The standard InChI is InChI=1S/C26H22Cl2N2O2/c1-15-4-2-5-16(10-15)22-14-29-24(31)13-21(17-6-3-7-18(27)11-17)26(22)20-9-8-19(28)12-23(20)30-25(26)32/h2-12,21-22H,13-14H2,1H3,(H,29,31)(H,30,32)/t21-,22+,26-/m0/s1. The normalized spacial score (nSPS) is 24.6. The van der Waals surface area contributed by atoms with E-state index in [1.54, 1.807) is 12.1 Å². The molecule has 1 fully saturated rings. The zero-order valence-electron chi connectivity index (χ0n) is 17.5. The van der Waals surface area contributed by atoms with Gasteiger partial charge in [-0.2, -0.15) is 0 Å². The molecule has 0 aliphatic carbocycles. The first-order valence-corrected chi connectivity index (χ1v) is 11.4. The van der Waals surface area contributed by atoms with Gasteiger partial charge in [0.25, 0.3) is 0 Å². The van der Waals surface area contributed by atoms with E-state index >= 15 is 0 Å². The third kappa shape index (κ3) is 3.30. The second kappa shape index (κ2) is 7.95. The number of hydrogen-bond donors (Lipinski definition) is 2. The van der Waals surface area contributed by atoms with Gasteiger partial charge in [-0.1, -0.05) is 71.2 Å². The number of carbonyl (C=O) groups is 2. The van der Waals surface area contributed by atoms with Gasteiger partial charge in [-0.15, -0.1) is 0 Å². The third-order valence-electron chi connectivity index (χ3n) is 6.74. The van der Waals surface area contributed by atoms with Crippen LogP contribution in [0, 0.1) is 6.92 Å². The van der Waals surface area contributed by atoms with Crippen LogP contribution in [0.2, 0.25) is 10.0 Å². The number of fused-ring (bicyclic) bond motifs is 2. The van der Waals surface area contributed by atoms with Gasteiger partial charge in [-0.3, -0.25) is 9.59 Å². The van der Waals surface area contributed by atoms with E-state index in [2.05, 4.69) is 16.7 Å². The van der Waals surface area contributed by atoms with Crippen LogP contribution < -0.4 is 10.6 Å². The Hall–Kier alpha value is -2.82. The smallest absolute Gasteiger partial charge is 0.236 e. The first-order chi connectivity index (χ1) is 15.4. The maximum atomic E-state index is 14.0. The number of aryl methyl sites for hydroxylation is 1. The minimum absolute atomic E-state index is 0.0836. The van der Waals surface area contributed by atoms with E-state index < -0.39 is 11.3 Å². The minimum atomic E-state index is -1.00. The zero-order chi connectivity index (χ0) is 22.5. The van der Waals surface area contributed by atoms with Crippen molar-refractivity contribution in [1.82, 2.24) is 5.32 Å². The lowest BCUT2D eigenvalue weighted by Crippen LogP contribution is -2.46. The summed E-state index contributed by atoms with van der Waals surface area (Å²) in [7, 11) is 0. The van der Waals surface area contributed by atoms with Crippen LogP contribution in [0.15, 0.2) is 66.7 Å². The third-order valence-corrected chi connectivity index (χ3v) is 7.21. The monoisotopic (exact) mass is 464 g/mol. The van der Waals surface area contributed by atoms with Crippen LogP contribution in [-0.4, -0.2) is 18.4 Å². The first-order valence-electron chi connectivity index (χ1n) is 10.6. The van der Waals surface area contributed by atoms with Gasteiger partial charge < -0.3 is 10.6 Å². The highest BCUT2D eigenvalue weighted by Crippen LogP contribution is 2.57. The maximum Gasteiger partial charge on any atom is 0.236 e. The van der Waals surface area contributed by atoms with Crippen molar-refractivity contribution in [2.24, 2.45) is 0 Å². The molecule has 3 aromatic carbocycles. The molecular formula is C26H22Cl2N2O2. The summed E-state index contributed by atoms with van der Waals surface area (Å²) < 4.78 is 0. The van der Waals surface area contributed by atoms with Crippen LogP contribution in [0.1, 0.15) is 40.5 Å². The highest BCUT2D eigenvalue weighted by atomic mass is 35.5. The van der Waals surface area contributed by atoms with Gasteiger partial charge in [-0.25, -0.2) is 0 Å². The van der Waals surface area contributed by atoms with Crippen LogP contribution >= 0.6 is 23.2 Å². The Balaban J connectivity index is 1.83. The lowest BCUT2D eigenvalue weighted by molar-refractivity contribution is -0.123. The van der Waals surface area contributed by atoms with Gasteiger partial charge in [0.15, 0.2) is 0 Å². The van der Waals surface area contributed by atoms with E-state index in [4.69, 9.17) is 23.2 Å². The SMILES string of the molecule is Cc1cccc([C@H]2CNC(=O)C[C@@H](c3cccc(Cl)c3)[C@]23C(=O)Nc2cc(Cl)ccc23)c1. The Bertz CT molecular complexity index is 1240. The predicted octanol–water partition coefficient (Wildman–Crippen LogP) is 5.58. The first kappa shape index (κ1) is 21.0. The summed E-state index contributed by atoms with van der Waals surface area (Å²) in [6, 6.07) is 21.2. The van der Waals surface area contributed by atoms with Gasteiger partial charge in [0.05, 0.1) is 5.41 Å². The zero-order valence-corrected chi connectivity index (χ0v) is 19.0. The van der Waals surface area contributed by atoms with Gasteiger partial charge in [0.1, 0.15) is 0 Å². The van der Waals surface area contributed by atoms with Gasteiger partial charge in [-0.05, 0) is 47.9 Å². The number of amides is 2. The molecule has 5 rings (SSSR count). The molecule has 6 heteroatoms. The van der Waals surface area contributed by atoms with E-state index in [1.165, 1.54) is 0 Å². The molecule has 1 spiro atoms. The van der Waals surface area contributed by atoms with Gasteiger partial charge in [0, 0.05) is 40.5 Å². The fraction of sp³-hybridized carbons (Fsp3) is 0.231. The van der Waals surface area contributed by atoms with E-state index in [-0.39, 0.29) is 24.2 Å². The second-order valence-electron chi connectivity index (χ2n) is 8.60. The highest BCUT2D eigenvalue weighted by molar-refractivity contribution is 6.31. The van der Waals surface area contributed by atoms with Crippen molar-refractivity contribution in [2.45, 2.75) is 30.6 Å². The van der Waals surface area contributed by atoms with Crippen molar-refractivity contribution in [3.05, 3.63) is 99.0 Å². The highest BCUT2D eigenvalue weighted by Gasteiger charge is 2.59. The predicted molar refractivity (Wildman–Crippen MR) is 127 cm³/mol. The van der Waals surface area contributed by atoms with Crippen molar-refractivity contribution in [2.75, 3.05) is 11.9 Å². The quantitative estimate of drug-likeness (QED) is 0.519. The van der Waals surface area contributed by atoms with Crippen LogP contribution in [-0.2, 0) is 15.0 Å². The topological polar surface area (TPSA) is 58.2 Å². The molecule has 0 aromatic heterocycles. The van der Waals surface area contributed by atoms with Crippen LogP contribution in [0.5, 0.6) is 0 Å². The lowest BCUT2D eigenvalue weighted by atomic mass is 9.59. The number of nitrogens with one attached hydrogen (secondary N) is 2. The van der Waals surface area contributed by atoms with E-state index in [1.807, 2.05) is 55.5 Å². The number of anilines is 1. The Kier molecular flexibility index (Phi) is 5.23. The number of carbonyl (C=O) groups excluding carboxylic acids is 2. The van der Waals surface area contributed by atoms with Crippen molar-refractivity contribution < 1.29 is 9.59 Å². The molecule has 32 heavy (non-hydrogen) atoms. The largest absolute Gasteiger partial charge is 0.355 e. The fourth-order valence-electron chi connectivity index (χ4n) is 5.43. The average Bonchev–Trinajstić information content (AvgIpc) is 2.93. The molecule has 162 valence electrons. The molecule has 0 bridgehead atoms.